The molecule has 4 rings (SSSR count). The summed E-state index contributed by atoms with van der Waals surface area (Å²) in [5, 5.41) is 9.44. The predicted octanol–water partition coefficient (Wildman–Crippen LogP) is -0.714. The van der Waals surface area contributed by atoms with E-state index in [0.29, 0.717) is 26.2 Å². The van der Waals surface area contributed by atoms with Gasteiger partial charge in [-0.25, -0.2) is 0 Å². The molecule has 0 aromatic carbocycles. The second kappa shape index (κ2) is 6.49. The van der Waals surface area contributed by atoms with Crippen LogP contribution in [-0.2, 0) is 25.7 Å². The van der Waals surface area contributed by atoms with Crippen LogP contribution in [0.5, 0.6) is 0 Å². The first-order valence-corrected chi connectivity index (χ1v) is 9.05. The van der Waals surface area contributed by atoms with E-state index in [1.807, 2.05) is 18.2 Å². The van der Waals surface area contributed by atoms with Gasteiger partial charge in [-0.15, -0.1) is 0 Å². The molecule has 0 radical (unpaired) electrons. The summed E-state index contributed by atoms with van der Waals surface area (Å²) in [4.78, 5) is 40.5. The van der Waals surface area contributed by atoms with Gasteiger partial charge in [0.2, 0.25) is 17.7 Å². The molecule has 2 saturated heterocycles. The van der Waals surface area contributed by atoms with Crippen LogP contribution >= 0.6 is 0 Å². The summed E-state index contributed by atoms with van der Waals surface area (Å²) in [6, 6.07) is 1.81. The number of rotatable bonds is 6. The molecular formula is C18H23N5O4. The minimum atomic E-state index is -0.729. The zero-order valence-corrected chi connectivity index (χ0v) is 15.3. The summed E-state index contributed by atoms with van der Waals surface area (Å²) in [6.07, 6.45) is 5.10. The lowest BCUT2D eigenvalue weighted by atomic mass is 9.76. The van der Waals surface area contributed by atoms with E-state index in [-0.39, 0.29) is 23.8 Å². The molecule has 3 amide bonds. The van der Waals surface area contributed by atoms with Crippen molar-refractivity contribution in [3.8, 4) is 0 Å². The van der Waals surface area contributed by atoms with Crippen LogP contribution in [-0.4, -0.2) is 76.1 Å². The SMILES string of the molecule is CC(=O)NCCN1C[C@]23C=C[C@H](O2)C(C(=O)N(C)Cc2ccn[nH]2)C3C1=O. The minimum Gasteiger partial charge on any atom is -0.360 e. The lowest BCUT2D eigenvalue weighted by Crippen LogP contribution is -2.44. The van der Waals surface area contributed by atoms with E-state index in [0.717, 1.165) is 5.69 Å². The Morgan fingerprint density at radius 3 is 3.04 bits per heavy atom. The number of carbonyl (C=O) groups excluding carboxylic acids is 3. The Kier molecular flexibility index (Phi) is 4.26. The van der Waals surface area contributed by atoms with E-state index in [4.69, 9.17) is 4.74 Å². The molecule has 0 aliphatic carbocycles. The van der Waals surface area contributed by atoms with E-state index in [9.17, 15) is 14.4 Å². The molecule has 2 N–H and O–H groups in total. The van der Waals surface area contributed by atoms with Gasteiger partial charge in [-0.3, -0.25) is 19.5 Å². The number of H-pyrrole nitrogens is 1. The van der Waals surface area contributed by atoms with Crippen molar-refractivity contribution in [1.29, 1.82) is 0 Å². The molecule has 3 aliphatic heterocycles. The fraction of sp³-hybridized carbons (Fsp3) is 0.556. The van der Waals surface area contributed by atoms with Gasteiger partial charge in [0.1, 0.15) is 5.60 Å². The van der Waals surface area contributed by atoms with Crippen molar-refractivity contribution in [3.63, 3.8) is 0 Å². The van der Waals surface area contributed by atoms with Gasteiger partial charge in [0.15, 0.2) is 0 Å². The second-order valence-electron chi connectivity index (χ2n) is 7.42. The van der Waals surface area contributed by atoms with Crippen LogP contribution in [0.2, 0.25) is 0 Å². The van der Waals surface area contributed by atoms with Crippen LogP contribution in [0.4, 0.5) is 0 Å². The summed E-state index contributed by atoms with van der Waals surface area (Å²) in [5.41, 5.74) is 0.0995. The zero-order valence-electron chi connectivity index (χ0n) is 15.3. The van der Waals surface area contributed by atoms with Gasteiger partial charge in [-0.1, -0.05) is 12.2 Å². The maximum Gasteiger partial charge on any atom is 0.230 e. The molecule has 3 aliphatic rings. The van der Waals surface area contributed by atoms with Gasteiger partial charge in [0.25, 0.3) is 0 Å². The maximum atomic E-state index is 13.1. The van der Waals surface area contributed by atoms with Crippen LogP contribution in [0.25, 0.3) is 0 Å². The standard InChI is InChI=1S/C18H23N5O4/c1-11(24)19-7-8-23-10-18-5-3-13(27-18)14(15(18)17(23)26)16(25)22(2)9-12-4-6-20-21-12/h3-6,13-15H,7-10H2,1-2H3,(H,19,24)(H,20,21)/t13-,14?,15?,18-/m0/s1. The Bertz CT molecular complexity index is 792. The van der Waals surface area contributed by atoms with Crippen LogP contribution in [0.3, 0.4) is 0 Å². The number of hydrogen-bond acceptors (Lipinski definition) is 5. The smallest absolute Gasteiger partial charge is 0.230 e. The topological polar surface area (TPSA) is 108 Å². The number of aromatic nitrogens is 2. The molecule has 1 aromatic heterocycles. The molecule has 1 aromatic rings. The number of nitrogens with zero attached hydrogens (tertiary/aromatic N) is 3. The fourth-order valence-electron chi connectivity index (χ4n) is 4.38. The predicted molar refractivity (Wildman–Crippen MR) is 94.0 cm³/mol. The van der Waals surface area contributed by atoms with Gasteiger partial charge in [0, 0.05) is 33.3 Å². The Labute approximate surface area is 156 Å². The highest BCUT2D eigenvalue weighted by Gasteiger charge is 2.66. The second-order valence-corrected chi connectivity index (χ2v) is 7.42. The number of carbonyl (C=O) groups is 3. The molecule has 4 heterocycles. The number of aromatic amines is 1. The molecule has 9 heteroatoms. The Morgan fingerprint density at radius 1 is 1.52 bits per heavy atom. The molecule has 27 heavy (non-hydrogen) atoms. The quantitative estimate of drug-likeness (QED) is 0.641. The van der Waals surface area contributed by atoms with Crippen molar-refractivity contribution in [2.45, 2.75) is 25.2 Å². The van der Waals surface area contributed by atoms with Crippen LogP contribution < -0.4 is 5.32 Å². The van der Waals surface area contributed by atoms with E-state index in [1.54, 1.807) is 23.0 Å². The number of ether oxygens (including phenoxy) is 1. The molecule has 2 fully saturated rings. The van der Waals surface area contributed by atoms with Gasteiger partial charge in [-0.2, -0.15) is 5.10 Å². The monoisotopic (exact) mass is 373 g/mol. The fourth-order valence-corrected chi connectivity index (χ4v) is 4.38. The number of likely N-dealkylation sites (tertiary alicyclic amines) is 1. The Morgan fingerprint density at radius 2 is 2.33 bits per heavy atom. The van der Waals surface area contributed by atoms with Crippen molar-refractivity contribution in [2.75, 3.05) is 26.7 Å². The molecule has 2 unspecified atom stereocenters. The van der Waals surface area contributed by atoms with Gasteiger partial charge in [-0.05, 0) is 6.07 Å². The summed E-state index contributed by atoms with van der Waals surface area (Å²) < 4.78 is 6.10. The van der Waals surface area contributed by atoms with E-state index < -0.39 is 17.4 Å². The summed E-state index contributed by atoms with van der Waals surface area (Å²) in [5.74, 6) is -1.36. The number of fused-ring (bicyclic) bond motifs is 1. The van der Waals surface area contributed by atoms with E-state index in [1.165, 1.54) is 6.92 Å². The average molecular weight is 373 g/mol. The number of amides is 3. The Hall–Kier alpha value is -2.68. The molecule has 2 bridgehead atoms. The third-order valence-electron chi connectivity index (χ3n) is 5.56. The maximum absolute atomic E-state index is 13.1. The van der Waals surface area contributed by atoms with E-state index >= 15 is 0 Å². The minimum absolute atomic E-state index is 0.0829. The molecule has 9 nitrogen and oxygen atoms in total. The van der Waals surface area contributed by atoms with Crippen LogP contribution in [0.15, 0.2) is 24.4 Å². The lowest BCUT2D eigenvalue weighted by Gasteiger charge is -2.27. The molecule has 4 atom stereocenters. The lowest BCUT2D eigenvalue weighted by molar-refractivity contribution is -0.142. The highest BCUT2D eigenvalue weighted by Crippen LogP contribution is 2.52. The van der Waals surface area contributed by atoms with Crippen LogP contribution in [0, 0.1) is 11.8 Å². The molecule has 1 spiro atoms. The van der Waals surface area contributed by atoms with E-state index in [2.05, 4.69) is 15.5 Å². The molecular weight excluding hydrogens is 350 g/mol. The van der Waals surface area contributed by atoms with Crippen LogP contribution in [0.1, 0.15) is 12.6 Å². The van der Waals surface area contributed by atoms with Crippen molar-refractivity contribution in [2.24, 2.45) is 11.8 Å². The van der Waals surface area contributed by atoms with Crippen molar-refractivity contribution in [3.05, 3.63) is 30.1 Å². The summed E-state index contributed by atoms with van der Waals surface area (Å²) >= 11 is 0. The summed E-state index contributed by atoms with van der Waals surface area (Å²) in [7, 11) is 1.72. The normalized spacial score (nSPS) is 30.7. The van der Waals surface area contributed by atoms with Crippen molar-refractivity contribution >= 4 is 17.7 Å². The number of hydrogen-bond donors (Lipinski definition) is 2. The van der Waals surface area contributed by atoms with Crippen molar-refractivity contribution < 1.29 is 19.1 Å². The molecule has 0 saturated carbocycles. The largest absolute Gasteiger partial charge is 0.360 e. The summed E-state index contributed by atoms with van der Waals surface area (Å²) in [6.45, 7) is 3.04. The first kappa shape index (κ1) is 17.7. The van der Waals surface area contributed by atoms with Gasteiger partial charge < -0.3 is 19.9 Å². The first-order chi connectivity index (χ1) is 12.9. The number of nitrogens with one attached hydrogen (secondary N) is 2. The first-order valence-electron chi connectivity index (χ1n) is 9.05. The average Bonchev–Trinajstić information content (AvgIpc) is 3.37. The van der Waals surface area contributed by atoms with Gasteiger partial charge >= 0.3 is 0 Å². The zero-order chi connectivity index (χ0) is 19.2. The Balaban J connectivity index is 1.48. The van der Waals surface area contributed by atoms with Gasteiger partial charge in [0.05, 0.1) is 36.7 Å². The third kappa shape index (κ3) is 2.91. The third-order valence-corrected chi connectivity index (χ3v) is 5.56. The molecule has 144 valence electrons. The van der Waals surface area contributed by atoms with Crippen molar-refractivity contribution in [1.82, 2.24) is 25.3 Å². The highest BCUT2D eigenvalue weighted by molar-refractivity contribution is 5.93. The highest BCUT2D eigenvalue weighted by atomic mass is 16.5.